The van der Waals surface area contributed by atoms with Gasteiger partial charge in [0.1, 0.15) is 11.5 Å². The summed E-state index contributed by atoms with van der Waals surface area (Å²) in [4.78, 5) is 0. The summed E-state index contributed by atoms with van der Waals surface area (Å²) in [6.45, 7) is 4.23. The fraction of sp³-hybridized carbons (Fsp3) is 0.571. The standard InChI is InChI=1S/C14H22O2/c1-3-5-6-8-12-13(15)9-11(7-4-2)10-14(12)16/h9-10,15-16H,3-8H2,1-2H3. The maximum Gasteiger partial charge on any atom is 0.122 e. The van der Waals surface area contributed by atoms with Crippen LogP contribution < -0.4 is 0 Å². The Morgan fingerprint density at radius 3 is 2.00 bits per heavy atom. The van der Waals surface area contributed by atoms with E-state index < -0.39 is 0 Å². The molecule has 0 spiro atoms. The van der Waals surface area contributed by atoms with E-state index in [1.165, 1.54) is 0 Å². The Hall–Kier alpha value is -1.18. The van der Waals surface area contributed by atoms with Gasteiger partial charge in [0.25, 0.3) is 0 Å². The Labute approximate surface area is 97.9 Å². The molecule has 2 N–H and O–H groups in total. The number of phenols is 2. The molecular formula is C14H22O2. The number of rotatable bonds is 6. The summed E-state index contributed by atoms with van der Waals surface area (Å²) in [6.07, 6.45) is 5.98. The monoisotopic (exact) mass is 222 g/mol. The third-order valence-electron chi connectivity index (χ3n) is 2.83. The quantitative estimate of drug-likeness (QED) is 0.719. The number of benzene rings is 1. The second-order valence-electron chi connectivity index (χ2n) is 4.32. The van der Waals surface area contributed by atoms with E-state index in [9.17, 15) is 10.2 Å². The van der Waals surface area contributed by atoms with Crippen LogP contribution in [0.5, 0.6) is 11.5 Å². The van der Waals surface area contributed by atoms with Gasteiger partial charge in [-0.25, -0.2) is 0 Å². The minimum Gasteiger partial charge on any atom is -0.508 e. The third-order valence-corrected chi connectivity index (χ3v) is 2.83. The van der Waals surface area contributed by atoms with E-state index >= 15 is 0 Å². The lowest BCUT2D eigenvalue weighted by atomic mass is 10.0. The lowest BCUT2D eigenvalue weighted by Crippen LogP contribution is -1.91. The van der Waals surface area contributed by atoms with E-state index in [4.69, 9.17) is 0 Å². The summed E-state index contributed by atoms with van der Waals surface area (Å²) in [6, 6.07) is 3.56. The Morgan fingerprint density at radius 1 is 0.875 bits per heavy atom. The highest BCUT2D eigenvalue weighted by atomic mass is 16.3. The van der Waals surface area contributed by atoms with Crippen LogP contribution in [0, 0.1) is 0 Å². The molecule has 1 aromatic rings. The van der Waals surface area contributed by atoms with Gasteiger partial charge in [0.05, 0.1) is 0 Å². The molecule has 0 bridgehead atoms. The van der Waals surface area contributed by atoms with E-state index in [1.807, 2.05) is 0 Å². The van der Waals surface area contributed by atoms with Gasteiger partial charge in [0, 0.05) is 5.56 Å². The van der Waals surface area contributed by atoms with Crippen molar-refractivity contribution < 1.29 is 10.2 Å². The van der Waals surface area contributed by atoms with Crippen molar-refractivity contribution in [2.75, 3.05) is 0 Å². The molecule has 2 nitrogen and oxygen atoms in total. The molecule has 0 unspecified atom stereocenters. The van der Waals surface area contributed by atoms with Crippen LogP contribution in [0.2, 0.25) is 0 Å². The van der Waals surface area contributed by atoms with Crippen molar-refractivity contribution in [2.45, 2.75) is 52.4 Å². The molecule has 0 saturated heterocycles. The molecule has 0 aliphatic heterocycles. The first-order valence-corrected chi connectivity index (χ1v) is 6.22. The van der Waals surface area contributed by atoms with Crippen molar-refractivity contribution >= 4 is 0 Å². The molecule has 0 heterocycles. The maximum absolute atomic E-state index is 9.84. The van der Waals surface area contributed by atoms with E-state index in [-0.39, 0.29) is 11.5 Å². The minimum atomic E-state index is 0.250. The SMILES string of the molecule is CCCCCc1c(O)cc(CCC)cc1O. The van der Waals surface area contributed by atoms with Crippen LogP contribution in [0.1, 0.15) is 50.7 Å². The van der Waals surface area contributed by atoms with Gasteiger partial charge in [-0.05, 0) is 37.0 Å². The molecule has 2 heteroatoms. The summed E-state index contributed by atoms with van der Waals surface area (Å²) in [7, 11) is 0. The zero-order valence-corrected chi connectivity index (χ0v) is 10.3. The van der Waals surface area contributed by atoms with Gasteiger partial charge in [-0.3, -0.25) is 0 Å². The molecule has 1 rings (SSSR count). The minimum absolute atomic E-state index is 0.250. The van der Waals surface area contributed by atoms with Crippen molar-refractivity contribution in [1.82, 2.24) is 0 Å². The summed E-state index contributed by atoms with van der Waals surface area (Å²) < 4.78 is 0. The van der Waals surface area contributed by atoms with E-state index in [2.05, 4.69) is 13.8 Å². The largest absolute Gasteiger partial charge is 0.508 e. The highest BCUT2D eigenvalue weighted by Gasteiger charge is 2.09. The van der Waals surface area contributed by atoms with E-state index in [0.29, 0.717) is 5.56 Å². The average molecular weight is 222 g/mol. The number of hydrogen-bond donors (Lipinski definition) is 2. The van der Waals surface area contributed by atoms with Crippen LogP contribution in [0.25, 0.3) is 0 Å². The first-order chi connectivity index (χ1) is 7.69. The van der Waals surface area contributed by atoms with Crippen molar-refractivity contribution in [2.24, 2.45) is 0 Å². The van der Waals surface area contributed by atoms with Crippen molar-refractivity contribution in [3.8, 4) is 11.5 Å². The highest BCUT2D eigenvalue weighted by Crippen LogP contribution is 2.30. The number of aryl methyl sites for hydroxylation is 1. The van der Waals surface area contributed by atoms with E-state index in [0.717, 1.165) is 44.1 Å². The van der Waals surface area contributed by atoms with Crippen LogP contribution in [-0.2, 0) is 12.8 Å². The fourth-order valence-electron chi connectivity index (χ4n) is 1.94. The van der Waals surface area contributed by atoms with Crippen LogP contribution in [0.15, 0.2) is 12.1 Å². The predicted molar refractivity (Wildman–Crippen MR) is 67.0 cm³/mol. The molecule has 90 valence electrons. The Morgan fingerprint density at radius 2 is 1.50 bits per heavy atom. The van der Waals surface area contributed by atoms with Gasteiger partial charge in [0.15, 0.2) is 0 Å². The fourth-order valence-corrected chi connectivity index (χ4v) is 1.94. The molecule has 0 fully saturated rings. The van der Waals surface area contributed by atoms with Crippen molar-refractivity contribution in [3.05, 3.63) is 23.3 Å². The molecule has 0 radical (unpaired) electrons. The van der Waals surface area contributed by atoms with Gasteiger partial charge in [-0.15, -0.1) is 0 Å². The van der Waals surface area contributed by atoms with Gasteiger partial charge in [-0.1, -0.05) is 33.1 Å². The molecule has 0 aliphatic rings. The van der Waals surface area contributed by atoms with Crippen LogP contribution in [0.3, 0.4) is 0 Å². The normalized spacial score (nSPS) is 10.6. The first-order valence-electron chi connectivity index (χ1n) is 6.22. The summed E-state index contributed by atoms with van der Waals surface area (Å²) in [5.74, 6) is 0.499. The molecule has 16 heavy (non-hydrogen) atoms. The zero-order valence-electron chi connectivity index (χ0n) is 10.3. The molecule has 0 amide bonds. The Bertz CT molecular complexity index is 309. The van der Waals surface area contributed by atoms with Crippen LogP contribution in [0.4, 0.5) is 0 Å². The number of aromatic hydroxyl groups is 2. The Kier molecular flexibility index (Phi) is 5.17. The van der Waals surface area contributed by atoms with Crippen LogP contribution in [-0.4, -0.2) is 10.2 Å². The van der Waals surface area contributed by atoms with Crippen molar-refractivity contribution in [3.63, 3.8) is 0 Å². The van der Waals surface area contributed by atoms with Gasteiger partial charge in [-0.2, -0.15) is 0 Å². The second kappa shape index (κ2) is 6.41. The molecule has 0 saturated carbocycles. The van der Waals surface area contributed by atoms with Gasteiger partial charge < -0.3 is 10.2 Å². The molecule has 0 atom stereocenters. The van der Waals surface area contributed by atoms with Crippen LogP contribution >= 0.6 is 0 Å². The number of phenolic OH excluding ortho intramolecular Hbond substituents is 2. The van der Waals surface area contributed by atoms with Crippen molar-refractivity contribution in [1.29, 1.82) is 0 Å². The number of unbranched alkanes of at least 4 members (excludes halogenated alkanes) is 2. The molecule has 0 aliphatic carbocycles. The lowest BCUT2D eigenvalue weighted by molar-refractivity contribution is 0.434. The number of hydrogen-bond acceptors (Lipinski definition) is 2. The predicted octanol–water partition coefficient (Wildman–Crippen LogP) is 3.78. The maximum atomic E-state index is 9.84. The first kappa shape index (κ1) is 12.9. The second-order valence-corrected chi connectivity index (χ2v) is 4.32. The van der Waals surface area contributed by atoms with Gasteiger partial charge in [0.2, 0.25) is 0 Å². The molecule has 0 aromatic heterocycles. The zero-order chi connectivity index (χ0) is 12.0. The molecular weight excluding hydrogens is 200 g/mol. The smallest absolute Gasteiger partial charge is 0.122 e. The molecule has 1 aromatic carbocycles. The summed E-state index contributed by atoms with van der Waals surface area (Å²) in [5.41, 5.74) is 1.71. The van der Waals surface area contributed by atoms with Gasteiger partial charge >= 0.3 is 0 Å². The third kappa shape index (κ3) is 3.44. The highest BCUT2D eigenvalue weighted by molar-refractivity contribution is 5.46. The summed E-state index contributed by atoms with van der Waals surface area (Å²) >= 11 is 0. The summed E-state index contributed by atoms with van der Waals surface area (Å²) in [5, 5.41) is 19.7. The topological polar surface area (TPSA) is 40.5 Å². The van der Waals surface area contributed by atoms with E-state index in [1.54, 1.807) is 12.1 Å². The average Bonchev–Trinajstić information content (AvgIpc) is 2.23. The Balaban J connectivity index is 2.77. The lowest BCUT2D eigenvalue weighted by Gasteiger charge is -2.09.